The molecule has 0 saturated heterocycles. The Hall–Kier alpha value is -0.570. The van der Waals surface area contributed by atoms with Crippen LogP contribution in [0.25, 0.3) is 0 Å². The molecule has 0 saturated carbocycles. The largest absolute Gasteiger partial charge is 0.465 e. The molecule has 0 fully saturated rings. The average molecular weight is 257 g/mol. The predicted octanol–water partition coefficient (Wildman–Crippen LogP) is 3.65. The Bertz CT molecular complexity index is 207. The highest BCUT2D eigenvalue weighted by Crippen LogP contribution is 2.19. The van der Waals surface area contributed by atoms with Crippen molar-refractivity contribution in [2.24, 2.45) is 11.7 Å². The van der Waals surface area contributed by atoms with Gasteiger partial charge in [0.2, 0.25) is 0 Å². The highest BCUT2D eigenvalue weighted by atomic mass is 16.5. The van der Waals surface area contributed by atoms with E-state index in [1.54, 1.807) is 0 Å². The van der Waals surface area contributed by atoms with Crippen molar-refractivity contribution in [3.05, 3.63) is 0 Å². The second-order valence-corrected chi connectivity index (χ2v) is 5.12. The van der Waals surface area contributed by atoms with Crippen LogP contribution in [0, 0.1) is 5.92 Å². The van der Waals surface area contributed by atoms with E-state index in [2.05, 4.69) is 20.8 Å². The van der Waals surface area contributed by atoms with Crippen LogP contribution in [-0.4, -0.2) is 18.6 Å². The average Bonchev–Trinajstić information content (AvgIpc) is 2.38. The number of rotatable bonds is 11. The van der Waals surface area contributed by atoms with Gasteiger partial charge in [-0.1, -0.05) is 52.9 Å². The Morgan fingerprint density at radius 2 is 1.72 bits per heavy atom. The zero-order valence-electron chi connectivity index (χ0n) is 12.4. The summed E-state index contributed by atoms with van der Waals surface area (Å²) in [4.78, 5) is 11.6. The van der Waals surface area contributed by atoms with Gasteiger partial charge in [0.05, 0.1) is 6.61 Å². The second-order valence-electron chi connectivity index (χ2n) is 5.12. The van der Waals surface area contributed by atoms with Gasteiger partial charge in [0.25, 0.3) is 0 Å². The summed E-state index contributed by atoms with van der Waals surface area (Å²) >= 11 is 0. The van der Waals surface area contributed by atoms with Crippen LogP contribution >= 0.6 is 0 Å². The van der Waals surface area contributed by atoms with Crippen molar-refractivity contribution >= 4 is 5.97 Å². The van der Waals surface area contributed by atoms with E-state index in [1.807, 2.05) is 0 Å². The zero-order chi connectivity index (χ0) is 13.8. The minimum atomic E-state index is -0.433. The first-order valence-corrected chi connectivity index (χ1v) is 7.57. The summed E-state index contributed by atoms with van der Waals surface area (Å²) in [5.74, 6) is 0.480. The molecule has 0 heterocycles. The van der Waals surface area contributed by atoms with Crippen LogP contribution in [0.1, 0.15) is 72.1 Å². The third kappa shape index (κ3) is 8.51. The fourth-order valence-corrected chi connectivity index (χ4v) is 2.00. The Morgan fingerprint density at radius 1 is 1.06 bits per heavy atom. The molecule has 1 unspecified atom stereocenters. The molecule has 2 N–H and O–H groups in total. The Balaban J connectivity index is 3.77. The maximum atomic E-state index is 11.6. The summed E-state index contributed by atoms with van der Waals surface area (Å²) in [5.41, 5.74) is 5.86. The van der Waals surface area contributed by atoms with Gasteiger partial charge in [0.15, 0.2) is 0 Å². The highest BCUT2D eigenvalue weighted by molar-refractivity contribution is 5.75. The van der Waals surface area contributed by atoms with Crippen molar-refractivity contribution in [1.29, 1.82) is 0 Å². The van der Waals surface area contributed by atoms with E-state index in [-0.39, 0.29) is 5.97 Å². The number of unbranched alkanes of at least 4 members (excludes halogenated alkanes) is 2. The number of carbonyl (C=O) groups excluding carboxylic acids is 1. The van der Waals surface area contributed by atoms with Gasteiger partial charge >= 0.3 is 5.97 Å². The van der Waals surface area contributed by atoms with Gasteiger partial charge in [0, 0.05) is 0 Å². The monoisotopic (exact) mass is 257 g/mol. The van der Waals surface area contributed by atoms with E-state index in [1.165, 1.54) is 25.7 Å². The molecule has 0 aliphatic carbocycles. The lowest BCUT2D eigenvalue weighted by Crippen LogP contribution is -2.33. The van der Waals surface area contributed by atoms with E-state index in [0.717, 1.165) is 25.7 Å². The van der Waals surface area contributed by atoms with Gasteiger partial charge in [-0.3, -0.25) is 4.79 Å². The third-order valence-corrected chi connectivity index (χ3v) is 3.47. The minimum absolute atomic E-state index is 0.228. The van der Waals surface area contributed by atoms with Crippen molar-refractivity contribution in [3.63, 3.8) is 0 Å². The Labute approximate surface area is 112 Å². The molecule has 0 rings (SSSR count). The van der Waals surface area contributed by atoms with Gasteiger partial charge in [-0.15, -0.1) is 0 Å². The fraction of sp³-hybridized carbons (Fsp3) is 0.933. The third-order valence-electron chi connectivity index (χ3n) is 3.47. The minimum Gasteiger partial charge on any atom is -0.465 e. The van der Waals surface area contributed by atoms with Gasteiger partial charge in [-0.25, -0.2) is 0 Å². The summed E-state index contributed by atoms with van der Waals surface area (Å²) < 4.78 is 5.13. The van der Waals surface area contributed by atoms with Gasteiger partial charge in [-0.2, -0.15) is 0 Å². The molecule has 0 radical (unpaired) electrons. The van der Waals surface area contributed by atoms with Crippen molar-refractivity contribution < 1.29 is 9.53 Å². The number of ether oxygens (including phenoxy) is 1. The maximum absolute atomic E-state index is 11.6. The first-order chi connectivity index (χ1) is 8.65. The summed E-state index contributed by atoms with van der Waals surface area (Å²) in [5, 5.41) is 0. The Kier molecular flexibility index (Phi) is 11.2. The summed E-state index contributed by atoms with van der Waals surface area (Å²) in [6.45, 7) is 7.01. The standard InChI is InChI=1S/C15H31NO2/c1-4-7-9-13(6-3)10-11-14(16)15(17)18-12-8-5-2/h13-14H,4-12,16H2,1-3H3/t13?,14-/m0/s1. The molecule has 3 nitrogen and oxygen atoms in total. The first-order valence-electron chi connectivity index (χ1n) is 7.57. The molecule has 0 aromatic carbocycles. The molecule has 0 aliphatic heterocycles. The van der Waals surface area contributed by atoms with Crippen molar-refractivity contribution in [3.8, 4) is 0 Å². The van der Waals surface area contributed by atoms with Crippen molar-refractivity contribution in [1.82, 2.24) is 0 Å². The molecule has 2 atom stereocenters. The van der Waals surface area contributed by atoms with Crippen LogP contribution in [0.15, 0.2) is 0 Å². The lowest BCUT2D eigenvalue weighted by molar-refractivity contribution is -0.145. The van der Waals surface area contributed by atoms with Gasteiger partial charge in [0.1, 0.15) is 6.04 Å². The topological polar surface area (TPSA) is 52.3 Å². The summed E-state index contributed by atoms with van der Waals surface area (Å²) in [6.07, 6.45) is 8.70. The molecule has 18 heavy (non-hydrogen) atoms. The zero-order valence-corrected chi connectivity index (χ0v) is 12.4. The molecular formula is C15H31NO2. The van der Waals surface area contributed by atoms with E-state index in [4.69, 9.17) is 10.5 Å². The number of hydrogen-bond donors (Lipinski definition) is 1. The second kappa shape index (κ2) is 11.5. The Morgan fingerprint density at radius 3 is 2.28 bits per heavy atom. The van der Waals surface area contributed by atoms with Crippen LogP contribution in [0.2, 0.25) is 0 Å². The fourth-order valence-electron chi connectivity index (χ4n) is 2.00. The van der Waals surface area contributed by atoms with Gasteiger partial charge < -0.3 is 10.5 Å². The number of esters is 1. The van der Waals surface area contributed by atoms with Crippen molar-refractivity contribution in [2.45, 2.75) is 78.2 Å². The first kappa shape index (κ1) is 17.4. The maximum Gasteiger partial charge on any atom is 0.322 e. The van der Waals surface area contributed by atoms with E-state index in [9.17, 15) is 4.79 Å². The normalized spacial score (nSPS) is 14.2. The summed E-state index contributed by atoms with van der Waals surface area (Å²) in [6, 6.07) is -0.433. The van der Waals surface area contributed by atoms with Crippen LogP contribution in [-0.2, 0) is 9.53 Å². The highest BCUT2D eigenvalue weighted by Gasteiger charge is 2.16. The number of hydrogen-bond acceptors (Lipinski definition) is 3. The molecule has 0 spiro atoms. The van der Waals surface area contributed by atoms with Crippen LogP contribution < -0.4 is 5.73 Å². The van der Waals surface area contributed by atoms with Crippen LogP contribution in [0.5, 0.6) is 0 Å². The smallest absolute Gasteiger partial charge is 0.322 e. The molecule has 0 aromatic heterocycles. The van der Waals surface area contributed by atoms with E-state index >= 15 is 0 Å². The predicted molar refractivity (Wildman–Crippen MR) is 76.4 cm³/mol. The molecule has 0 amide bonds. The van der Waals surface area contributed by atoms with Crippen molar-refractivity contribution in [2.75, 3.05) is 6.61 Å². The molecule has 0 aliphatic rings. The number of nitrogens with two attached hydrogens (primary N) is 1. The van der Waals surface area contributed by atoms with Crippen LogP contribution in [0.3, 0.4) is 0 Å². The lowest BCUT2D eigenvalue weighted by Gasteiger charge is -2.17. The molecule has 3 heteroatoms. The molecular weight excluding hydrogens is 226 g/mol. The SMILES string of the molecule is CCCCOC(=O)[C@@H](N)CCC(CC)CCCC. The lowest BCUT2D eigenvalue weighted by atomic mass is 9.92. The van der Waals surface area contributed by atoms with Crippen LogP contribution in [0.4, 0.5) is 0 Å². The van der Waals surface area contributed by atoms with E-state index in [0.29, 0.717) is 12.5 Å². The summed E-state index contributed by atoms with van der Waals surface area (Å²) in [7, 11) is 0. The molecule has 0 aromatic rings. The quantitative estimate of drug-likeness (QED) is 0.454. The van der Waals surface area contributed by atoms with Gasteiger partial charge in [-0.05, 0) is 25.2 Å². The molecule has 108 valence electrons. The molecule has 0 bridgehead atoms. The number of carbonyl (C=O) groups is 1. The van der Waals surface area contributed by atoms with E-state index < -0.39 is 6.04 Å².